The van der Waals surface area contributed by atoms with E-state index >= 15 is 0 Å². The Bertz CT molecular complexity index is 688. The van der Waals surface area contributed by atoms with Crippen molar-refractivity contribution in [2.75, 3.05) is 0 Å². The molecule has 0 radical (unpaired) electrons. The first-order valence-corrected chi connectivity index (χ1v) is 6.74. The van der Waals surface area contributed by atoms with Crippen LogP contribution in [0.2, 0.25) is 5.02 Å². The van der Waals surface area contributed by atoms with Gasteiger partial charge in [-0.1, -0.05) is 23.7 Å². The lowest BCUT2D eigenvalue weighted by Gasteiger charge is -2.17. The van der Waals surface area contributed by atoms with Crippen molar-refractivity contribution in [1.29, 1.82) is 0 Å². The summed E-state index contributed by atoms with van der Waals surface area (Å²) in [4.78, 5) is 15.5. The molecule has 0 saturated carbocycles. The molecule has 1 aromatic heterocycles. The van der Waals surface area contributed by atoms with E-state index in [-0.39, 0.29) is 0 Å². The summed E-state index contributed by atoms with van der Waals surface area (Å²) in [5.74, 6) is -0.817. The second-order valence-electron chi connectivity index (χ2n) is 4.67. The number of hydrogen-bond donors (Lipinski definition) is 1. The van der Waals surface area contributed by atoms with Crippen LogP contribution in [0.25, 0.3) is 0 Å². The van der Waals surface area contributed by atoms with E-state index in [1.807, 2.05) is 0 Å². The highest BCUT2D eigenvalue weighted by Crippen LogP contribution is 2.31. The Hall–Kier alpha value is -2.08. The van der Waals surface area contributed by atoms with Crippen LogP contribution in [-0.2, 0) is 6.18 Å². The maximum atomic E-state index is 12.9. The number of amides is 1. The van der Waals surface area contributed by atoms with Gasteiger partial charge >= 0.3 is 6.18 Å². The van der Waals surface area contributed by atoms with Crippen LogP contribution in [0.5, 0.6) is 0 Å². The number of rotatable bonds is 3. The van der Waals surface area contributed by atoms with Gasteiger partial charge < -0.3 is 5.32 Å². The Morgan fingerprint density at radius 3 is 2.68 bits per heavy atom. The van der Waals surface area contributed by atoms with E-state index in [4.69, 9.17) is 11.6 Å². The van der Waals surface area contributed by atoms with Crippen molar-refractivity contribution in [2.24, 2.45) is 0 Å². The van der Waals surface area contributed by atoms with Gasteiger partial charge in [0.25, 0.3) is 5.91 Å². The van der Waals surface area contributed by atoms with E-state index in [0.717, 1.165) is 12.3 Å². The molecule has 0 fully saturated rings. The zero-order valence-electron chi connectivity index (χ0n) is 11.5. The summed E-state index contributed by atoms with van der Waals surface area (Å²) in [6.45, 7) is 1.66. The molecule has 22 heavy (non-hydrogen) atoms. The molecule has 2 rings (SSSR count). The maximum absolute atomic E-state index is 12.9. The minimum absolute atomic E-state index is 0.462. The van der Waals surface area contributed by atoms with Gasteiger partial charge in [-0.25, -0.2) is 0 Å². The zero-order valence-corrected chi connectivity index (χ0v) is 12.2. The van der Waals surface area contributed by atoms with Crippen LogP contribution in [-0.4, -0.2) is 10.9 Å². The monoisotopic (exact) mass is 328 g/mol. The van der Waals surface area contributed by atoms with Gasteiger partial charge in [-0.05, 0) is 30.7 Å². The molecule has 1 amide bonds. The van der Waals surface area contributed by atoms with Crippen LogP contribution in [0, 0.1) is 0 Å². The number of benzene rings is 1. The number of pyridine rings is 1. The van der Waals surface area contributed by atoms with Gasteiger partial charge in [0.1, 0.15) is 0 Å². The molecule has 2 aromatic rings. The van der Waals surface area contributed by atoms with Crippen molar-refractivity contribution in [3.63, 3.8) is 0 Å². The highest BCUT2D eigenvalue weighted by Gasteiger charge is 2.35. The smallest absolute Gasteiger partial charge is 0.346 e. The fraction of sp³-hybridized carbons (Fsp3) is 0.200. The number of nitrogens with zero attached hydrogens (tertiary/aromatic N) is 1. The normalized spacial score (nSPS) is 12.8. The molecule has 0 bridgehead atoms. The van der Waals surface area contributed by atoms with Crippen molar-refractivity contribution >= 4 is 17.5 Å². The molecular weight excluding hydrogens is 317 g/mol. The van der Waals surface area contributed by atoms with Gasteiger partial charge in [-0.2, -0.15) is 13.2 Å². The molecule has 1 N–H and O–H groups in total. The number of alkyl halides is 3. The van der Waals surface area contributed by atoms with Crippen molar-refractivity contribution in [3.8, 4) is 0 Å². The van der Waals surface area contributed by atoms with Crippen molar-refractivity contribution in [2.45, 2.75) is 19.1 Å². The molecule has 0 spiro atoms. The molecule has 0 aliphatic heterocycles. The molecular formula is C15H12ClF3N2O. The molecule has 1 heterocycles. The third kappa shape index (κ3) is 3.76. The fourth-order valence-corrected chi connectivity index (χ4v) is 2.15. The number of hydrogen-bond acceptors (Lipinski definition) is 2. The van der Waals surface area contributed by atoms with E-state index in [1.54, 1.807) is 31.2 Å². The summed E-state index contributed by atoms with van der Waals surface area (Å²) in [5.41, 5.74) is -0.828. The predicted molar refractivity (Wildman–Crippen MR) is 76.6 cm³/mol. The standard InChI is InChI=1S/C15H12ClF3N2O/c1-9(10-3-2-4-11(16)7-10)21-14(22)12-5-6-20-8-13(12)15(17,18)19/h2-9H,1H3,(H,21,22)/t9-/m1/s1. The predicted octanol–water partition coefficient (Wildman–Crippen LogP) is 4.24. The van der Waals surface area contributed by atoms with Gasteiger partial charge in [0.05, 0.1) is 17.2 Å². The molecule has 0 saturated heterocycles. The van der Waals surface area contributed by atoms with Gasteiger partial charge in [-0.3, -0.25) is 9.78 Å². The molecule has 3 nitrogen and oxygen atoms in total. The van der Waals surface area contributed by atoms with Crippen LogP contribution in [0.1, 0.15) is 34.5 Å². The van der Waals surface area contributed by atoms with Crippen molar-refractivity contribution in [3.05, 3.63) is 64.4 Å². The molecule has 1 atom stereocenters. The van der Waals surface area contributed by atoms with Gasteiger partial charge in [0.2, 0.25) is 0 Å². The summed E-state index contributed by atoms with van der Waals surface area (Å²) in [6, 6.07) is 7.30. The first-order valence-electron chi connectivity index (χ1n) is 6.36. The van der Waals surface area contributed by atoms with Gasteiger partial charge in [0, 0.05) is 17.4 Å². The van der Waals surface area contributed by atoms with Crippen molar-refractivity contribution in [1.82, 2.24) is 10.3 Å². The molecule has 0 aliphatic carbocycles. The summed E-state index contributed by atoms with van der Waals surface area (Å²) < 4.78 is 38.7. The number of carbonyl (C=O) groups excluding carboxylic acids is 1. The van der Waals surface area contributed by atoms with E-state index in [1.165, 1.54) is 0 Å². The first-order chi connectivity index (χ1) is 10.3. The van der Waals surface area contributed by atoms with E-state index in [9.17, 15) is 18.0 Å². The summed E-state index contributed by atoms with van der Waals surface area (Å²) in [5, 5.41) is 3.01. The Kier molecular flexibility index (Phi) is 4.71. The fourth-order valence-electron chi connectivity index (χ4n) is 1.95. The summed E-state index contributed by atoms with van der Waals surface area (Å²) in [6.07, 6.45) is -2.85. The number of carbonyl (C=O) groups is 1. The lowest BCUT2D eigenvalue weighted by molar-refractivity contribution is -0.138. The second kappa shape index (κ2) is 6.36. The first kappa shape index (κ1) is 16.3. The molecule has 7 heteroatoms. The van der Waals surface area contributed by atoms with Crippen LogP contribution >= 0.6 is 11.6 Å². The number of halogens is 4. The lowest BCUT2D eigenvalue weighted by Crippen LogP contribution is -2.29. The number of aromatic nitrogens is 1. The van der Waals surface area contributed by atoms with E-state index in [0.29, 0.717) is 16.8 Å². The third-order valence-corrected chi connectivity index (χ3v) is 3.30. The summed E-state index contributed by atoms with van der Waals surface area (Å²) in [7, 11) is 0. The molecule has 0 aliphatic rings. The van der Waals surface area contributed by atoms with Gasteiger partial charge in [-0.15, -0.1) is 0 Å². The Morgan fingerprint density at radius 1 is 1.32 bits per heavy atom. The highest BCUT2D eigenvalue weighted by molar-refractivity contribution is 6.30. The van der Waals surface area contributed by atoms with Crippen LogP contribution in [0.3, 0.4) is 0 Å². The maximum Gasteiger partial charge on any atom is 0.418 e. The lowest BCUT2D eigenvalue weighted by atomic mass is 10.1. The minimum Gasteiger partial charge on any atom is -0.346 e. The van der Waals surface area contributed by atoms with Gasteiger partial charge in [0.15, 0.2) is 0 Å². The molecule has 0 unspecified atom stereocenters. The Balaban J connectivity index is 2.23. The minimum atomic E-state index is -4.64. The quantitative estimate of drug-likeness (QED) is 0.915. The van der Waals surface area contributed by atoms with E-state index in [2.05, 4.69) is 10.3 Å². The zero-order chi connectivity index (χ0) is 16.3. The van der Waals surface area contributed by atoms with Crippen molar-refractivity contribution < 1.29 is 18.0 Å². The Labute approximate surface area is 130 Å². The Morgan fingerprint density at radius 2 is 2.05 bits per heavy atom. The SMILES string of the molecule is C[C@@H](NC(=O)c1ccncc1C(F)(F)F)c1cccc(Cl)c1. The highest BCUT2D eigenvalue weighted by atomic mass is 35.5. The van der Waals surface area contributed by atoms with Crippen LogP contribution in [0.15, 0.2) is 42.7 Å². The van der Waals surface area contributed by atoms with Crippen LogP contribution in [0.4, 0.5) is 13.2 Å². The second-order valence-corrected chi connectivity index (χ2v) is 5.11. The number of nitrogens with one attached hydrogen (secondary N) is 1. The molecule has 1 aromatic carbocycles. The topological polar surface area (TPSA) is 42.0 Å². The average molecular weight is 329 g/mol. The largest absolute Gasteiger partial charge is 0.418 e. The van der Waals surface area contributed by atoms with E-state index < -0.39 is 29.3 Å². The third-order valence-electron chi connectivity index (χ3n) is 3.07. The van der Waals surface area contributed by atoms with Crippen LogP contribution < -0.4 is 5.32 Å². The summed E-state index contributed by atoms with van der Waals surface area (Å²) >= 11 is 5.86. The average Bonchev–Trinajstić information content (AvgIpc) is 2.46. The molecule has 116 valence electrons.